The van der Waals surface area contributed by atoms with Gasteiger partial charge in [0.05, 0.1) is 11.4 Å². The lowest BCUT2D eigenvalue weighted by Crippen LogP contribution is -1.95. The van der Waals surface area contributed by atoms with E-state index in [1.807, 2.05) is 12.4 Å². The van der Waals surface area contributed by atoms with Gasteiger partial charge in [0.25, 0.3) is 0 Å². The first-order chi connectivity index (χ1) is 6.36. The molecule has 0 saturated heterocycles. The third-order valence-corrected chi connectivity index (χ3v) is 1.98. The van der Waals surface area contributed by atoms with Gasteiger partial charge in [-0.15, -0.1) is 0 Å². The molecule has 1 heterocycles. The molecular formula is C11H17N2. The Morgan fingerprint density at radius 3 is 2.23 bits per heavy atom. The second-order valence-corrected chi connectivity index (χ2v) is 3.21. The quantitative estimate of drug-likeness (QED) is 0.691. The summed E-state index contributed by atoms with van der Waals surface area (Å²) in [6.45, 7) is 5.97. The predicted molar refractivity (Wildman–Crippen MR) is 54.3 cm³/mol. The van der Waals surface area contributed by atoms with E-state index in [-0.39, 0.29) is 0 Å². The molecule has 0 spiro atoms. The maximum atomic E-state index is 4.34. The topological polar surface area (TPSA) is 25.8 Å². The Balaban J connectivity index is 2.48. The molecule has 1 aromatic rings. The Morgan fingerprint density at radius 2 is 1.77 bits per heavy atom. The van der Waals surface area contributed by atoms with Crippen LogP contribution in [0.25, 0.3) is 0 Å². The van der Waals surface area contributed by atoms with Crippen molar-refractivity contribution >= 4 is 0 Å². The Bertz CT molecular complexity index is 228. The van der Waals surface area contributed by atoms with Crippen molar-refractivity contribution in [2.75, 3.05) is 0 Å². The molecule has 0 N–H and O–H groups in total. The van der Waals surface area contributed by atoms with Gasteiger partial charge in [-0.25, -0.2) is 0 Å². The van der Waals surface area contributed by atoms with Crippen LogP contribution in [-0.2, 0) is 12.8 Å². The van der Waals surface area contributed by atoms with Crippen LogP contribution in [0.5, 0.6) is 0 Å². The van der Waals surface area contributed by atoms with Crippen LogP contribution in [0, 0.1) is 6.92 Å². The fourth-order valence-electron chi connectivity index (χ4n) is 1.18. The van der Waals surface area contributed by atoms with Crippen LogP contribution in [-0.4, -0.2) is 9.97 Å². The summed E-state index contributed by atoms with van der Waals surface area (Å²) in [6.07, 6.45) is 9.04. The Morgan fingerprint density at radius 1 is 1.15 bits per heavy atom. The van der Waals surface area contributed by atoms with Gasteiger partial charge in [0, 0.05) is 12.4 Å². The molecule has 0 bridgehead atoms. The SMILES string of the molecule is [CH2]CCc1cnc(CCCC)cn1. The van der Waals surface area contributed by atoms with Crippen molar-refractivity contribution in [3.63, 3.8) is 0 Å². The zero-order valence-electron chi connectivity index (χ0n) is 8.29. The molecule has 1 aromatic heterocycles. The summed E-state index contributed by atoms with van der Waals surface area (Å²) in [5.41, 5.74) is 2.16. The highest BCUT2D eigenvalue weighted by Crippen LogP contribution is 2.02. The number of hydrogen-bond acceptors (Lipinski definition) is 2. The lowest BCUT2D eigenvalue weighted by molar-refractivity contribution is 0.766. The second-order valence-electron chi connectivity index (χ2n) is 3.21. The largest absolute Gasteiger partial charge is 0.258 e. The van der Waals surface area contributed by atoms with Gasteiger partial charge in [0.15, 0.2) is 0 Å². The molecule has 1 rings (SSSR count). The molecule has 0 amide bonds. The highest BCUT2D eigenvalue weighted by Gasteiger charge is 1.96. The van der Waals surface area contributed by atoms with Crippen molar-refractivity contribution in [3.05, 3.63) is 30.7 Å². The third-order valence-electron chi connectivity index (χ3n) is 1.98. The van der Waals surface area contributed by atoms with Crippen molar-refractivity contribution in [3.8, 4) is 0 Å². The minimum atomic E-state index is 0.892. The number of rotatable bonds is 5. The highest BCUT2D eigenvalue weighted by molar-refractivity contribution is 5.02. The Labute approximate surface area is 80.4 Å². The number of hydrogen-bond donors (Lipinski definition) is 0. The minimum Gasteiger partial charge on any atom is -0.258 e. The first-order valence-electron chi connectivity index (χ1n) is 4.96. The highest BCUT2D eigenvalue weighted by atomic mass is 14.8. The van der Waals surface area contributed by atoms with Crippen LogP contribution in [0.2, 0.25) is 0 Å². The van der Waals surface area contributed by atoms with Crippen molar-refractivity contribution in [2.24, 2.45) is 0 Å². The van der Waals surface area contributed by atoms with Gasteiger partial charge in [-0.3, -0.25) is 9.97 Å². The van der Waals surface area contributed by atoms with Crippen molar-refractivity contribution in [1.82, 2.24) is 9.97 Å². The molecule has 2 nitrogen and oxygen atoms in total. The lowest BCUT2D eigenvalue weighted by atomic mass is 10.2. The van der Waals surface area contributed by atoms with Crippen LogP contribution in [0.4, 0.5) is 0 Å². The summed E-state index contributed by atoms with van der Waals surface area (Å²) in [7, 11) is 0. The fourth-order valence-corrected chi connectivity index (χ4v) is 1.18. The molecule has 0 aliphatic rings. The van der Waals surface area contributed by atoms with E-state index in [1.165, 1.54) is 12.8 Å². The summed E-state index contributed by atoms with van der Waals surface area (Å²) in [5, 5.41) is 0. The summed E-state index contributed by atoms with van der Waals surface area (Å²) in [6, 6.07) is 0. The normalized spacial score (nSPS) is 10.3. The van der Waals surface area contributed by atoms with Gasteiger partial charge in [0.2, 0.25) is 0 Å². The summed E-state index contributed by atoms with van der Waals surface area (Å²) >= 11 is 0. The predicted octanol–water partition coefficient (Wildman–Crippen LogP) is 2.59. The lowest BCUT2D eigenvalue weighted by Gasteiger charge is -2.00. The zero-order valence-corrected chi connectivity index (χ0v) is 8.29. The number of nitrogens with zero attached hydrogens (tertiary/aromatic N) is 2. The first-order valence-corrected chi connectivity index (χ1v) is 4.96. The van der Waals surface area contributed by atoms with Crippen LogP contribution in [0.1, 0.15) is 37.6 Å². The molecule has 0 fully saturated rings. The van der Waals surface area contributed by atoms with Crippen molar-refractivity contribution in [2.45, 2.75) is 39.0 Å². The summed E-state index contributed by atoms with van der Waals surface area (Å²) < 4.78 is 0. The monoisotopic (exact) mass is 177 g/mol. The van der Waals surface area contributed by atoms with Crippen LogP contribution < -0.4 is 0 Å². The van der Waals surface area contributed by atoms with Crippen molar-refractivity contribution in [1.29, 1.82) is 0 Å². The molecule has 0 aromatic carbocycles. The van der Waals surface area contributed by atoms with E-state index in [0.717, 1.165) is 30.7 Å². The molecule has 71 valence electrons. The number of aryl methyl sites for hydroxylation is 2. The van der Waals surface area contributed by atoms with Crippen LogP contribution in [0.3, 0.4) is 0 Å². The molecule has 1 radical (unpaired) electrons. The first kappa shape index (κ1) is 10.2. The van der Waals surface area contributed by atoms with Crippen LogP contribution in [0.15, 0.2) is 12.4 Å². The maximum Gasteiger partial charge on any atom is 0.0586 e. The molecule has 0 aliphatic heterocycles. The van der Waals surface area contributed by atoms with Gasteiger partial charge >= 0.3 is 0 Å². The molecule has 0 atom stereocenters. The van der Waals surface area contributed by atoms with Gasteiger partial charge in [0.1, 0.15) is 0 Å². The molecule has 0 unspecified atom stereocenters. The number of unbranched alkanes of at least 4 members (excludes halogenated alkanes) is 1. The number of aromatic nitrogens is 2. The van der Waals surface area contributed by atoms with E-state index in [2.05, 4.69) is 23.8 Å². The molecule has 0 aliphatic carbocycles. The third kappa shape index (κ3) is 3.53. The second kappa shape index (κ2) is 5.68. The summed E-state index contributed by atoms with van der Waals surface area (Å²) in [5.74, 6) is 0. The molecular weight excluding hydrogens is 160 g/mol. The maximum absolute atomic E-state index is 4.34. The van der Waals surface area contributed by atoms with Gasteiger partial charge in [-0.1, -0.05) is 20.3 Å². The zero-order chi connectivity index (χ0) is 9.52. The molecule has 0 saturated carbocycles. The average molecular weight is 177 g/mol. The minimum absolute atomic E-state index is 0.892. The smallest absolute Gasteiger partial charge is 0.0586 e. The molecule has 2 heteroatoms. The Kier molecular flexibility index (Phi) is 4.44. The summed E-state index contributed by atoms with van der Waals surface area (Å²) in [4.78, 5) is 8.66. The van der Waals surface area contributed by atoms with Gasteiger partial charge in [-0.05, 0) is 25.7 Å². The van der Waals surface area contributed by atoms with E-state index in [1.54, 1.807) is 0 Å². The van der Waals surface area contributed by atoms with E-state index in [9.17, 15) is 0 Å². The average Bonchev–Trinajstić information content (AvgIpc) is 2.17. The van der Waals surface area contributed by atoms with E-state index in [0.29, 0.717) is 0 Å². The van der Waals surface area contributed by atoms with E-state index in [4.69, 9.17) is 0 Å². The van der Waals surface area contributed by atoms with E-state index < -0.39 is 0 Å². The standard InChI is InChI=1S/C11H17N2/c1-3-5-7-11-9-12-10(6-4-2)8-13-11/h8-9H,2-7H2,1H3. The molecule has 13 heavy (non-hydrogen) atoms. The fraction of sp³-hybridized carbons (Fsp3) is 0.545. The van der Waals surface area contributed by atoms with Gasteiger partial charge < -0.3 is 0 Å². The van der Waals surface area contributed by atoms with E-state index >= 15 is 0 Å². The van der Waals surface area contributed by atoms with Crippen LogP contribution >= 0.6 is 0 Å². The van der Waals surface area contributed by atoms with Gasteiger partial charge in [-0.2, -0.15) is 0 Å². The Hall–Kier alpha value is -0.920. The van der Waals surface area contributed by atoms with Crippen molar-refractivity contribution < 1.29 is 0 Å².